The number of carbonyl (C=O) groups excluding carboxylic acids is 2. The molecule has 7 nitrogen and oxygen atoms in total. The van der Waals surface area contributed by atoms with Gasteiger partial charge in [-0.3, -0.25) is 14.4 Å². The summed E-state index contributed by atoms with van der Waals surface area (Å²) in [6.45, 7) is 11.9. The van der Waals surface area contributed by atoms with E-state index in [0.717, 1.165) is 44.1 Å². The van der Waals surface area contributed by atoms with Gasteiger partial charge in [-0.05, 0) is 85.8 Å². The number of hydrogen-bond acceptors (Lipinski definition) is 5. The number of carboxylic acid groups (broad SMARTS) is 1. The summed E-state index contributed by atoms with van der Waals surface area (Å²) in [7, 11) is 0. The molecule has 218 valence electrons. The van der Waals surface area contributed by atoms with E-state index in [1.165, 1.54) is 0 Å². The number of aromatic hydroxyl groups is 1. The van der Waals surface area contributed by atoms with E-state index in [4.69, 9.17) is 4.74 Å². The first-order chi connectivity index (χ1) is 18.5. The fourth-order valence-electron chi connectivity index (χ4n) is 5.41. The second-order valence-corrected chi connectivity index (χ2v) is 12.0. The quantitative estimate of drug-likeness (QED) is 0.144. The molecule has 2 aliphatic rings. The fourth-order valence-corrected chi connectivity index (χ4v) is 5.41. The molecule has 1 aromatic carbocycles. The number of esters is 1. The summed E-state index contributed by atoms with van der Waals surface area (Å²) in [6.07, 6.45) is 10.1. The highest BCUT2D eigenvalue weighted by atomic mass is 16.5. The van der Waals surface area contributed by atoms with Gasteiger partial charge in [-0.2, -0.15) is 0 Å². The van der Waals surface area contributed by atoms with Gasteiger partial charge >= 0.3 is 11.9 Å². The van der Waals surface area contributed by atoms with Gasteiger partial charge in [0.05, 0.1) is 18.4 Å². The first-order valence-corrected chi connectivity index (χ1v) is 14.6. The van der Waals surface area contributed by atoms with Crippen LogP contribution in [-0.2, 0) is 19.1 Å². The number of amides is 1. The van der Waals surface area contributed by atoms with Crippen LogP contribution in [0.2, 0.25) is 0 Å². The molecule has 2 aliphatic carbocycles. The molecular weight excluding hydrogens is 494 g/mol. The van der Waals surface area contributed by atoms with Crippen LogP contribution in [0.1, 0.15) is 91.0 Å². The molecule has 1 saturated carbocycles. The Balaban J connectivity index is 0.000000274. The third kappa shape index (κ3) is 11.1. The summed E-state index contributed by atoms with van der Waals surface area (Å²) < 4.78 is 5.22. The van der Waals surface area contributed by atoms with Gasteiger partial charge in [0.15, 0.2) is 0 Å². The molecule has 3 rings (SSSR count). The van der Waals surface area contributed by atoms with Crippen LogP contribution in [0.4, 0.5) is 0 Å². The zero-order valence-electron chi connectivity index (χ0n) is 24.4. The maximum Gasteiger partial charge on any atom is 0.307 e. The minimum atomic E-state index is -0.834. The molecule has 2 bridgehead atoms. The number of fused-ring (bicyclic) bond motifs is 2. The van der Waals surface area contributed by atoms with Crippen molar-refractivity contribution >= 4 is 17.8 Å². The number of carboxylic acids is 1. The molecule has 39 heavy (non-hydrogen) atoms. The number of phenols is 1. The van der Waals surface area contributed by atoms with Crippen molar-refractivity contribution in [3.63, 3.8) is 0 Å². The highest BCUT2D eigenvalue weighted by Crippen LogP contribution is 2.48. The molecule has 0 heterocycles. The smallest absolute Gasteiger partial charge is 0.307 e. The number of hydrogen-bond donors (Lipinski definition) is 3. The lowest BCUT2D eigenvalue weighted by atomic mass is 9.82. The number of carbonyl (C=O) groups is 3. The molecular formula is C32H49NO6. The summed E-state index contributed by atoms with van der Waals surface area (Å²) in [5.74, 6) is 0.102. The number of nitrogens with one attached hydrogen (secondary N) is 1. The second-order valence-electron chi connectivity index (χ2n) is 12.0. The first kappa shape index (κ1) is 32.4. The molecule has 5 atom stereocenters. The highest BCUT2D eigenvalue weighted by Gasteiger charge is 2.51. The van der Waals surface area contributed by atoms with Crippen molar-refractivity contribution < 1.29 is 29.3 Å². The van der Waals surface area contributed by atoms with Gasteiger partial charge in [-0.15, -0.1) is 0 Å². The van der Waals surface area contributed by atoms with Crippen LogP contribution in [-0.4, -0.2) is 41.2 Å². The first-order valence-electron chi connectivity index (χ1n) is 14.6. The summed E-state index contributed by atoms with van der Waals surface area (Å²) >= 11 is 0. The van der Waals surface area contributed by atoms with E-state index >= 15 is 0 Å². The molecule has 5 unspecified atom stereocenters. The van der Waals surface area contributed by atoms with E-state index in [1.807, 2.05) is 24.3 Å². The normalized spacial score (nSPS) is 21.9. The molecule has 0 radical (unpaired) electrons. The van der Waals surface area contributed by atoms with Gasteiger partial charge in [0.2, 0.25) is 5.91 Å². The minimum Gasteiger partial charge on any atom is -0.508 e. The Labute approximate surface area is 234 Å². The molecule has 1 aromatic rings. The van der Waals surface area contributed by atoms with E-state index in [9.17, 15) is 24.6 Å². The summed E-state index contributed by atoms with van der Waals surface area (Å²) in [5.41, 5.74) is 1.13. The predicted octanol–water partition coefficient (Wildman–Crippen LogP) is 6.32. The third-order valence-electron chi connectivity index (χ3n) is 7.74. The van der Waals surface area contributed by atoms with Crippen LogP contribution in [0.25, 0.3) is 0 Å². The van der Waals surface area contributed by atoms with Crippen LogP contribution >= 0.6 is 0 Å². The average Bonchev–Trinajstić information content (AvgIpc) is 3.50. The van der Waals surface area contributed by atoms with Crippen LogP contribution in [0, 0.1) is 35.5 Å². The van der Waals surface area contributed by atoms with Crippen molar-refractivity contribution in [2.24, 2.45) is 35.5 Å². The Morgan fingerprint density at radius 2 is 1.49 bits per heavy atom. The van der Waals surface area contributed by atoms with Crippen LogP contribution in [0.15, 0.2) is 36.4 Å². The van der Waals surface area contributed by atoms with Crippen LogP contribution in [0.3, 0.4) is 0 Å². The van der Waals surface area contributed by atoms with Crippen molar-refractivity contribution in [1.29, 1.82) is 0 Å². The van der Waals surface area contributed by atoms with E-state index < -0.39 is 11.9 Å². The summed E-state index contributed by atoms with van der Waals surface area (Å²) in [6, 6.07) is 7.15. The Bertz CT molecular complexity index is 938. The molecule has 1 amide bonds. The van der Waals surface area contributed by atoms with Gasteiger partial charge in [-0.1, -0.05) is 58.9 Å². The number of ether oxygens (including phenoxy) is 1. The number of benzene rings is 1. The Kier molecular flexibility index (Phi) is 13.5. The fraction of sp³-hybridized carbons (Fsp3) is 0.656. The Morgan fingerprint density at radius 3 is 2.08 bits per heavy atom. The van der Waals surface area contributed by atoms with Crippen molar-refractivity contribution in [1.82, 2.24) is 5.32 Å². The number of rotatable bonds is 14. The van der Waals surface area contributed by atoms with E-state index in [1.54, 1.807) is 12.1 Å². The van der Waals surface area contributed by atoms with E-state index in [2.05, 4.69) is 39.9 Å². The largest absolute Gasteiger partial charge is 0.508 e. The summed E-state index contributed by atoms with van der Waals surface area (Å²) in [4.78, 5) is 35.1. The average molecular weight is 544 g/mol. The Hall–Kier alpha value is -2.83. The predicted molar refractivity (Wildman–Crippen MR) is 153 cm³/mol. The lowest BCUT2D eigenvalue weighted by molar-refractivity contribution is -0.147. The maximum atomic E-state index is 12.2. The SMILES string of the molecule is CC(C)CCCNC(=O)C1C2C=CC(C2)C1C(=O)O.CC(C)CCCOC(=O)CCC(C)c1ccc(O)cc1. The lowest BCUT2D eigenvalue weighted by Crippen LogP contribution is -2.40. The monoisotopic (exact) mass is 543 g/mol. The number of phenolic OH excluding ortho intramolecular Hbond substituents is 1. The zero-order valence-corrected chi connectivity index (χ0v) is 24.4. The molecule has 3 N–H and O–H groups in total. The third-order valence-corrected chi connectivity index (χ3v) is 7.74. The van der Waals surface area contributed by atoms with E-state index in [-0.39, 0.29) is 35.4 Å². The van der Waals surface area contributed by atoms with Crippen LogP contribution in [0.5, 0.6) is 5.75 Å². The topological polar surface area (TPSA) is 113 Å². The Morgan fingerprint density at radius 1 is 0.897 bits per heavy atom. The molecule has 0 aliphatic heterocycles. The second kappa shape index (κ2) is 16.3. The van der Waals surface area contributed by atoms with Crippen molar-refractivity contribution in [3.8, 4) is 5.75 Å². The van der Waals surface area contributed by atoms with Gasteiger partial charge in [0.25, 0.3) is 0 Å². The molecule has 1 fully saturated rings. The molecule has 0 saturated heterocycles. The highest BCUT2D eigenvalue weighted by molar-refractivity contribution is 5.86. The van der Waals surface area contributed by atoms with Gasteiger partial charge < -0.3 is 20.3 Å². The lowest BCUT2D eigenvalue weighted by Gasteiger charge is -2.23. The number of allylic oxidation sites excluding steroid dienone is 2. The maximum absolute atomic E-state index is 12.2. The standard InChI is InChI=1S/C17H26O3.C15H23NO3/c1-13(2)5-4-12-20-17(19)11-6-14(3)15-7-9-16(18)10-8-15;1-9(2)4-3-7-16-14(17)12-10-5-6-11(8-10)13(12)15(18)19/h7-10,13-14,18H,4-6,11-12H2,1-3H3;5-6,9-13H,3-4,7-8H2,1-2H3,(H,16,17)(H,18,19). The molecule has 7 heteroatoms. The van der Waals surface area contributed by atoms with E-state index in [0.29, 0.717) is 37.3 Å². The van der Waals surface area contributed by atoms with Gasteiger partial charge in [0, 0.05) is 13.0 Å². The van der Waals surface area contributed by atoms with Gasteiger partial charge in [0.1, 0.15) is 5.75 Å². The van der Waals surface area contributed by atoms with Crippen molar-refractivity contribution in [2.75, 3.05) is 13.2 Å². The van der Waals surface area contributed by atoms with Crippen molar-refractivity contribution in [2.45, 2.75) is 85.5 Å². The van der Waals surface area contributed by atoms with Crippen molar-refractivity contribution in [3.05, 3.63) is 42.0 Å². The number of aliphatic carboxylic acids is 1. The van der Waals surface area contributed by atoms with Gasteiger partial charge in [-0.25, -0.2) is 0 Å². The summed E-state index contributed by atoms with van der Waals surface area (Å²) in [5, 5.41) is 21.4. The zero-order chi connectivity index (χ0) is 28.9. The molecule has 0 aromatic heterocycles. The van der Waals surface area contributed by atoms with Crippen LogP contribution < -0.4 is 5.32 Å². The molecule has 0 spiro atoms. The minimum absolute atomic E-state index is 0.0499.